The second-order valence-electron chi connectivity index (χ2n) is 11.8. The van der Waals surface area contributed by atoms with Crippen LogP contribution >= 0.6 is 0 Å². The van der Waals surface area contributed by atoms with Crippen molar-refractivity contribution in [1.82, 2.24) is 19.9 Å². The normalized spacial score (nSPS) is 15.9. The zero-order valence-electron chi connectivity index (χ0n) is 25.0. The molecule has 0 aromatic carbocycles. The van der Waals surface area contributed by atoms with Crippen LogP contribution in [-0.4, -0.2) is 21.9 Å². The molecule has 9 heteroatoms. The van der Waals surface area contributed by atoms with Gasteiger partial charge in [-0.25, -0.2) is 4.98 Å². The first-order valence-electron chi connectivity index (χ1n) is 14.0. The third-order valence-corrected chi connectivity index (χ3v) is 9.04. The molecule has 3 aromatic rings. The van der Waals surface area contributed by atoms with E-state index in [1.807, 2.05) is 39.0 Å². The SMILES string of the molecule is CC1=C(CCC(=O)[O-])c2cc3[n-]c(cc4nc(cc5[n-]c(cc1n2)c(C)c5C)C(C)C4(C)C)c(C)c3CCC(=O)[O-].[Fe]. The summed E-state index contributed by atoms with van der Waals surface area (Å²) in [5.41, 5.74) is 11.4. The van der Waals surface area contributed by atoms with Crippen LogP contribution in [0.1, 0.15) is 97.9 Å². The van der Waals surface area contributed by atoms with Gasteiger partial charge >= 0.3 is 0 Å². The van der Waals surface area contributed by atoms with Crippen molar-refractivity contribution < 1.29 is 36.9 Å². The van der Waals surface area contributed by atoms with E-state index in [0.29, 0.717) is 16.9 Å². The van der Waals surface area contributed by atoms with Crippen molar-refractivity contribution >= 4 is 45.2 Å². The molecule has 1 unspecified atom stereocenters. The van der Waals surface area contributed by atoms with E-state index in [0.717, 1.165) is 61.3 Å². The third kappa shape index (κ3) is 5.55. The molecule has 42 heavy (non-hydrogen) atoms. The molecule has 222 valence electrons. The number of rotatable bonds is 6. The number of aryl methyl sites for hydroxylation is 4. The molecule has 0 N–H and O–H groups in total. The quantitative estimate of drug-likeness (QED) is 0.388. The molecule has 2 aliphatic heterocycles. The largest absolute Gasteiger partial charge is 0.657 e. The number of carbonyl (C=O) groups excluding carboxylic acids is 2. The molecule has 1 atom stereocenters. The molecule has 0 spiro atoms. The van der Waals surface area contributed by atoms with E-state index in [1.165, 1.54) is 0 Å². The Bertz CT molecular complexity index is 1790. The minimum atomic E-state index is -1.14. The summed E-state index contributed by atoms with van der Waals surface area (Å²) in [4.78, 5) is 42.7. The number of allylic oxidation sites excluding steroid dienone is 2. The minimum absolute atomic E-state index is 0. The predicted molar refractivity (Wildman–Crippen MR) is 155 cm³/mol. The Hall–Kier alpha value is -3.68. The second kappa shape index (κ2) is 11.5. The van der Waals surface area contributed by atoms with E-state index in [2.05, 4.69) is 33.8 Å². The van der Waals surface area contributed by atoms with Crippen LogP contribution in [0.15, 0.2) is 24.3 Å². The van der Waals surface area contributed by atoms with Crippen LogP contribution in [-0.2, 0) is 38.5 Å². The first kappa shape index (κ1) is 31.3. The van der Waals surface area contributed by atoms with Gasteiger partial charge in [0.05, 0.1) is 11.4 Å². The number of carbonyl (C=O) groups is 2. The van der Waals surface area contributed by atoms with Crippen molar-refractivity contribution in [1.29, 1.82) is 0 Å². The van der Waals surface area contributed by atoms with Gasteiger partial charge in [-0.2, -0.15) is 0 Å². The van der Waals surface area contributed by atoms with Gasteiger partial charge in [-0.3, -0.25) is 4.98 Å². The number of carboxylic acids is 2. The maximum atomic E-state index is 11.4. The number of carboxylic acid groups (broad SMARTS) is 2. The Balaban J connectivity index is 0.00000405. The van der Waals surface area contributed by atoms with Crippen LogP contribution in [0.25, 0.3) is 33.2 Å². The Morgan fingerprint density at radius 1 is 0.786 bits per heavy atom. The van der Waals surface area contributed by atoms with Gasteiger partial charge in [0.2, 0.25) is 0 Å². The number of aromatic nitrogens is 4. The summed E-state index contributed by atoms with van der Waals surface area (Å²) in [5.74, 6) is -2.13. The smallest absolute Gasteiger partial charge is 0.0660 e. The van der Waals surface area contributed by atoms with E-state index in [9.17, 15) is 19.8 Å². The third-order valence-electron chi connectivity index (χ3n) is 9.04. The first-order valence-corrected chi connectivity index (χ1v) is 14.0. The fourth-order valence-corrected chi connectivity index (χ4v) is 5.70. The summed E-state index contributed by atoms with van der Waals surface area (Å²) in [6.45, 7) is 14.5. The molecule has 2 aliphatic rings. The molecule has 0 saturated carbocycles. The van der Waals surface area contributed by atoms with Crippen molar-refractivity contribution in [3.8, 4) is 0 Å². The van der Waals surface area contributed by atoms with Gasteiger partial charge in [-0.05, 0) is 64.5 Å². The molecular formula is C33H34FeN4O4-4. The number of hydrogen-bond donors (Lipinski definition) is 0. The number of hydrogen-bond acceptors (Lipinski definition) is 6. The van der Waals surface area contributed by atoms with Crippen LogP contribution in [0.4, 0.5) is 0 Å². The van der Waals surface area contributed by atoms with E-state index in [-0.39, 0.29) is 54.1 Å². The van der Waals surface area contributed by atoms with E-state index < -0.39 is 11.9 Å². The van der Waals surface area contributed by atoms with Crippen LogP contribution in [0, 0.1) is 20.8 Å². The van der Waals surface area contributed by atoms with Gasteiger partial charge in [0, 0.05) is 51.7 Å². The Morgan fingerprint density at radius 3 is 1.98 bits per heavy atom. The number of fused-ring (bicyclic) bond motifs is 8. The molecule has 0 amide bonds. The molecule has 8 nitrogen and oxygen atoms in total. The standard InChI is InChI=1S/C33H38N4O4.Fe/c1-16-17(2)24-13-27-20(5)33(6,7)30(37-27)15-26-19(4)22(9-11-32(40)41)29(36-26)14-28-21(8-10-31(38)39)18(3)25(35-28)12-23(16)34-24;/h12-15,20H,8-11H2,1-7H3,(H4,34,35,36,37,38,39,40,41);/p-4. The molecule has 5 heterocycles. The predicted octanol–water partition coefficient (Wildman–Crippen LogP) is 3.72. The van der Waals surface area contributed by atoms with Gasteiger partial charge in [0.25, 0.3) is 0 Å². The minimum Gasteiger partial charge on any atom is -0.657 e. The summed E-state index contributed by atoms with van der Waals surface area (Å²) in [6.07, 6.45) is 0.218. The van der Waals surface area contributed by atoms with Gasteiger partial charge in [-0.1, -0.05) is 67.3 Å². The molecule has 0 radical (unpaired) electrons. The van der Waals surface area contributed by atoms with Gasteiger partial charge in [0.1, 0.15) is 0 Å². The Labute approximate surface area is 256 Å². The van der Waals surface area contributed by atoms with Crippen molar-refractivity contribution in [2.75, 3.05) is 0 Å². The van der Waals surface area contributed by atoms with E-state index in [4.69, 9.17) is 19.9 Å². The zero-order valence-corrected chi connectivity index (χ0v) is 26.1. The van der Waals surface area contributed by atoms with Gasteiger partial charge in [-0.15, -0.1) is 22.1 Å². The van der Waals surface area contributed by atoms with Crippen LogP contribution in [0.3, 0.4) is 0 Å². The molecule has 0 aliphatic carbocycles. The van der Waals surface area contributed by atoms with E-state index >= 15 is 0 Å². The Morgan fingerprint density at radius 2 is 1.33 bits per heavy atom. The average Bonchev–Trinajstić information content (AvgIpc) is 3.51. The van der Waals surface area contributed by atoms with Gasteiger partial charge < -0.3 is 29.8 Å². The molecule has 0 fully saturated rings. The summed E-state index contributed by atoms with van der Waals surface area (Å²) in [5, 5.41) is 22.8. The Kier molecular flexibility index (Phi) is 8.59. The molecule has 0 saturated heterocycles. The summed E-state index contributed by atoms with van der Waals surface area (Å²) in [7, 11) is 0. The molecule has 5 rings (SSSR count). The fourth-order valence-electron chi connectivity index (χ4n) is 5.70. The van der Waals surface area contributed by atoms with E-state index in [1.54, 1.807) is 0 Å². The zero-order chi connectivity index (χ0) is 29.8. The molecule has 8 bridgehead atoms. The van der Waals surface area contributed by atoms with Crippen molar-refractivity contribution in [3.05, 3.63) is 69.3 Å². The first-order chi connectivity index (χ1) is 19.3. The van der Waals surface area contributed by atoms with Gasteiger partial charge in [0.15, 0.2) is 0 Å². The maximum Gasteiger partial charge on any atom is 0.0660 e. The topological polar surface area (TPSA) is 134 Å². The van der Waals surface area contributed by atoms with Crippen LogP contribution in [0.5, 0.6) is 0 Å². The summed E-state index contributed by atoms with van der Waals surface area (Å²) < 4.78 is 0. The van der Waals surface area contributed by atoms with Crippen molar-refractivity contribution in [2.24, 2.45) is 0 Å². The monoisotopic (exact) mass is 606 g/mol. The van der Waals surface area contributed by atoms with Crippen LogP contribution in [0.2, 0.25) is 0 Å². The maximum absolute atomic E-state index is 11.4. The van der Waals surface area contributed by atoms with Crippen molar-refractivity contribution in [3.63, 3.8) is 0 Å². The molecular weight excluding hydrogens is 572 g/mol. The average molecular weight is 607 g/mol. The van der Waals surface area contributed by atoms with Crippen LogP contribution < -0.4 is 20.2 Å². The summed E-state index contributed by atoms with van der Waals surface area (Å²) >= 11 is 0. The second-order valence-corrected chi connectivity index (χ2v) is 11.8. The molecule has 3 aromatic heterocycles. The fraction of sp³-hybridized carbons (Fsp3) is 0.394. The van der Waals surface area contributed by atoms with Crippen molar-refractivity contribution in [2.45, 2.75) is 85.5 Å². The number of aliphatic carboxylic acids is 2. The summed E-state index contributed by atoms with van der Waals surface area (Å²) in [6, 6.07) is 7.85. The number of nitrogens with zero attached hydrogens (tertiary/aromatic N) is 4.